The molecule has 1 aromatic rings. The molecule has 1 aliphatic heterocycles. The van der Waals surface area contributed by atoms with Crippen LogP contribution in [0.4, 0.5) is 0 Å². The van der Waals surface area contributed by atoms with Gasteiger partial charge in [0.15, 0.2) is 0 Å². The summed E-state index contributed by atoms with van der Waals surface area (Å²) in [7, 11) is -3.88. The summed E-state index contributed by atoms with van der Waals surface area (Å²) in [6, 6.07) is 5.05. The second kappa shape index (κ2) is 14.6. The Labute approximate surface area is 228 Å². The normalized spacial score (nSPS) is 17.1. The summed E-state index contributed by atoms with van der Waals surface area (Å²) in [6.45, 7) is 12.9. The van der Waals surface area contributed by atoms with Crippen LogP contribution in [0.2, 0.25) is 0 Å². The van der Waals surface area contributed by atoms with Gasteiger partial charge in [0, 0.05) is 25.6 Å². The highest BCUT2D eigenvalue weighted by molar-refractivity contribution is 7.89. The second-order valence-corrected chi connectivity index (χ2v) is 12.6. The Balaban J connectivity index is 2.04. The van der Waals surface area contributed by atoms with Gasteiger partial charge in [-0.2, -0.15) is 4.72 Å². The number of nitrogens with one attached hydrogen (secondary N) is 3. The summed E-state index contributed by atoms with van der Waals surface area (Å²) in [5.41, 5.74) is 0.947. The first-order valence-corrected chi connectivity index (χ1v) is 15.3. The van der Waals surface area contributed by atoms with Gasteiger partial charge in [-0.05, 0) is 56.6 Å². The molecule has 3 amide bonds. The third-order valence-electron chi connectivity index (χ3n) is 7.16. The van der Waals surface area contributed by atoms with Crippen LogP contribution in [-0.2, 0) is 24.4 Å². The van der Waals surface area contributed by atoms with E-state index in [1.165, 1.54) is 12.1 Å². The minimum atomic E-state index is -3.88. The van der Waals surface area contributed by atoms with Crippen molar-refractivity contribution in [2.45, 2.75) is 90.6 Å². The minimum absolute atomic E-state index is 0.124. The first-order valence-electron chi connectivity index (χ1n) is 13.8. The van der Waals surface area contributed by atoms with Gasteiger partial charge in [-0.1, -0.05) is 58.7 Å². The number of aryl methyl sites for hydroxylation is 1. The van der Waals surface area contributed by atoms with Gasteiger partial charge in [-0.3, -0.25) is 14.4 Å². The number of rotatable bonds is 13. The molecule has 0 aromatic heterocycles. The van der Waals surface area contributed by atoms with Crippen LogP contribution in [-0.4, -0.2) is 62.8 Å². The number of piperidine rings is 1. The van der Waals surface area contributed by atoms with Crippen molar-refractivity contribution in [3.05, 3.63) is 29.8 Å². The van der Waals surface area contributed by atoms with E-state index in [2.05, 4.69) is 15.4 Å². The predicted octanol–water partition coefficient (Wildman–Crippen LogP) is 2.98. The van der Waals surface area contributed by atoms with E-state index in [1.54, 1.807) is 17.0 Å². The molecule has 1 aromatic carbocycles. The van der Waals surface area contributed by atoms with Crippen LogP contribution in [0.1, 0.15) is 72.3 Å². The fourth-order valence-electron chi connectivity index (χ4n) is 4.52. The van der Waals surface area contributed by atoms with E-state index >= 15 is 0 Å². The fourth-order valence-corrected chi connectivity index (χ4v) is 5.82. The SMILES string of the molecule is CCCNC(=O)C(CC(C)C)NC(=O)C1CCN(C(=O)C(NS(=O)(=O)c2ccc(C)cc2)C(C)CC)CC1. The lowest BCUT2D eigenvalue weighted by molar-refractivity contribution is -0.138. The highest BCUT2D eigenvalue weighted by Gasteiger charge is 2.36. The maximum absolute atomic E-state index is 13.5. The van der Waals surface area contributed by atoms with Gasteiger partial charge in [0.1, 0.15) is 12.1 Å². The van der Waals surface area contributed by atoms with Crippen LogP contribution < -0.4 is 15.4 Å². The molecule has 1 saturated heterocycles. The molecule has 0 aliphatic carbocycles. The quantitative estimate of drug-likeness (QED) is 0.348. The van der Waals surface area contributed by atoms with E-state index in [-0.39, 0.29) is 40.4 Å². The third kappa shape index (κ3) is 9.08. The van der Waals surface area contributed by atoms with Crippen LogP contribution >= 0.6 is 0 Å². The zero-order valence-electron chi connectivity index (χ0n) is 23.7. The average molecular weight is 551 g/mol. The molecule has 0 radical (unpaired) electrons. The average Bonchev–Trinajstić information content (AvgIpc) is 2.89. The van der Waals surface area contributed by atoms with Crippen molar-refractivity contribution in [3.63, 3.8) is 0 Å². The summed E-state index contributed by atoms with van der Waals surface area (Å²) in [6.07, 6.45) is 2.92. The van der Waals surface area contributed by atoms with Gasteiger partial charge in [0.25, 0.3) is 0 Å². The monoisotopic (exact) mass is 550 g/mol. The number of sulfonamides is 1. The Kier molecular flexibility index (Phi) is 12.2. The van der Waals surface area contributed by atoms with E-state index < -0.39 is 22.1 Å². The number of hydrogen-bond acceptors (Lipinski definition) is 5. The molecule has 38 heavy (non-hydrogen) atoms. The van der Waals surface area contributed by atoms with Gasteiger partial charge in [0.05, 0.1) is 4.90 Å². The lowest BCUT2D eigenvalue weighted by Crippen LogP contribution is -2.54. The second-order valence-electron chi connectivity index (χ2n) is 10.9. The molecule has 1 fully saturated rings. The molecule has 0 spiro atoms. The number of nitrogens with zero attached hydrogens (tertiary/aromatic N) is 1. The van der Waals surface area contributed by atoms with E-state index in [1.807, 2.05) is 41.5 Å². The van der Waals surface area contributed by atoms with Crippen LogP contribution in [0.5, 0.6) is 0 Å². The zero-order valence-corrected chi connectivity index (χ0v) is 24.6. The van der Waals surface area contributed by atoms with E-state index in [0.29, 0.717) is 45.3 Å². The molecule has 3 N–H and O–H groups in total. The number of carbonyl (C=O) groups excluding carboxylic acids is 3. The lowest BCUT2D eigenvalue weighted by atomic mass is 9.93. The van der Waals surface area contributed by atoms with Gasteiger partial charge in [-0.25, -0.2) is 8.42 Å². The first-order chi connectivity index (χ1) is 17.9. The molecule has 0 bridgehead atoms. The number of likely N-dealkylation sites (tertiary alicyclic amines) is 1. The minimum Gasteiger partial charge on any atom is -0.354 e. The number of benzene rings is 1. The van der Waals surface area contributed by atoms with Crippen molar-refractivity contribution >= 4 is 27.7 Å². The van der Waals surface area contributed by atoms with Crippen molar-refractivity contribution in [2.24, 2.45) is 17.8 Å². The molecule has 10 heteroatoms. The number of carbonyl (C=O) groups is 3. The van der Waals surface area contributed by atoms with Crippen molar-refractivity contribution in [1.29, 1.82) is 0 Å². The molecule has 0 saturated carbocycles. The van der Waals surface area contributed by atoms with E-state index in [4.69, 9.17) is 0 Å². The van der Waals surface area contributed by atoms with Crippen molar-refractivity contribution < 1.29 is 22.8 Å². The van der Waals surface area contributed by atoms with Crippen molar-refractivity contribution in [2.75, 3.05) is 19.6 Å². The summed E-state index contributed by atoms with van der Waals surface area (Å²) in [5, 5.41) is 5.80. The van der Waals surface area contributed by atoms with Crippen molar-refractivity contribution in [1.82, 2.24) is 20.3 Å². The van der Waals surface area contributed by atoms with Gasteiger partial charge >= 0.3 is 0 Å². The standard InChI is InChI=1S/C28H46N4O5S/c1-7-15-29-27(34)24(18-19(3)4)30-26(33)22-13-16-32(17-14-22)28(35)25(21(6)8-2)31-38(36,37)23-11-9-20(5)10-12-23/h9-12,19,21-22,24-25,31H,7-8,13-18H2,1-6H3,(H,29,34)(H,30,33). The lowest BCUT2D eigenvalue weighted by Gasteiger charge is -2.35. The molecule has 9 nitrogen and oxygen atoms in total. The molecular weight excluding hydrogens is 504 g/mol. The van der Waals surface area contributed by atoms with Gasteiger partial charge in [-0.15, -0.1) is 0 Å². The summed E-state index contributed by atoms with van der Waals surface area (Å²) in [5.74, 6) is -0.883. The Morgan fingerprint density at radius 3 is 2.16 bits per heavy atom. The Morgan fingerprint density at radius 2 is 1.63 bits per heavy atom. The summed E-state index contributed by atoms with van der Waals surface area (Å²) < 4.78 is 28.7. The molecule has 3 unspecified atom stereocenters. The van der Waals surface area contributed by atoms with E-state index in [0.717, 1.165) is 12.0 Å². The predicted molar refractivity (Wildman–Crippen MR) is 149 cm³/mol. The highest BCUT2D eigenvalue weighted by atomic mass is 32.2. The Bertz CT molecular complexity index is 1030. The smallest absolute Gasteiger partial charge is 0.242 e. The number of amides is 3. The first kappa shape index (κ1) is 31.8. The van der Waals surface area contributed by atoms with Gasteiger partial charge < -0.3 is 15.5 Å². The van der Waals surface area contributed by atoms with Crippen LogP contribution in [0.3, 0.4) is 0 Å². The largest absolute Gasteiger partial charge is 0.354 e. The Morgan fingerprint density at radius 1 is 1.03 bits per heavy atom. The highest BCUT2D eigenvalue weighted by Crippen LogP contribution is 2.22. The van der Waals surface area contributed by atoms with Crippen LogP contribution in [0.25, 0.3) is 0 Å². The van der Waals surface area contributed by atoms with Crippen LogP contribution in [0, 0.1) is 24.7 Å². The molecule has 1 heterocycles. The molecule has 2 rings (SSSR count). The van der Waals surface area contributed by atoms with Gasteiger partial charge in [0.2, 0.25) is 27.7 Å². The topological polar surface area (TPSA) is 125 Å². The summed E-state index contributed by atoms with van der Waals surface area (Å²) >= 11 is 0. The number of hydrogen-bond donors (Lipinski definition) is 3. The molecule has 1 aliphatic rings. The zero-order chi connectivity index (χ0) is 28.5. The van der Waals surface area contributed by atoms with E-state index in [9.17, 15) is 22.8 Å². The fraction of sp³-hybridized carbons (Fsp3) is 0.679. The molecular formula is C28H46N4O5S. The molecule has 214 valence electrons. The summed E-state index contributed by atoms with van der Waals surface area (Å²) in [4.78, 5) is 40.8. The maximum Gasteiger partial charge on any atom is 0.242 e. The third-order valence-corrected chi connectivity index (χ3v) is 8.62. The van der Waals surface area contributed by atoms with Crippen molar-refractivity contribution in [3.8, 4) is 0 Å². The van der Waals surface area contributed by atoms with Crippen LogP contribution in [0.15, 0.2) is 29.2 Å². The molecule has 3 atom stereocenters. The maximum atomic E-state index is 13.5. The Hall–Kier alpha value is -2.46.